The quantitative estimate of drug-likeness (QED) is 0.442. The van der Waals surface area contributed by atoms with E-state index in [0.717, 1.165) is 24.2 Å². The van der Waals surface area contributed by atoms with Crippen molar-refractivity contribution in [3.8, 4) is 11.5 Å². The lowest BCUT2D eigenvalue weighted by atomic mass is 9.49. The Kier molecular flexibility index (Phi) is 5.22. The summed E-state index contributed by atoms with van der Waals surface area (Å²) in [6, 6.07) is 2.27. The van der Waals surface area contributed by atoms with Crippen LogP contribution in [-0.4, -0.2) is 76.1 Å². The summed E-state index contributed by atoms with van der Waals surface area (Å²) >= 11 is 0. The fraction of sp³-hybridized carbons (Fsp3) is 0.643. The number of benzene rings is 1. The van der Waals surface area contributed by atoms with E-state index >= 15 is 0 Å². The predicted molar refractivity (Wildman–Crippen MR) is 133 cm³/mol. The second-order valence-electron chi connectivity index (χ2n) is 12.6. The lowest BCUT2D eigenvalue weighted by molar-refractivity contribution is -0.172. The van der Waals surface area contributed by atoms with Gasteiger partial charge in [-0.1, -0.05) is 26.8 Å². The highest BCUT2D eigenvalue weighted by Gasteiger charge is 2.73. The lowest BCUT2D eigenvalue weighted by Gasteiger charge is -2.62. The smallest absolute Gasteiger partial charge is 0.328 e. The summed E-state index contributed by atoms with van der Waals surface area (Å²) < 4.78 is 11.2. The highest BCUT2D eigenvalue weighted by atomic mass is 16.5. The topological polar surface area (TPSA) is 129 Å². The zero-order chi connectivity index (χ0) is 26.5. The van der Waals surface area contributed by atoms with Gasteiger partial charge in [0.05, 0.1) is 23.7 Å². The summed E-state index contributed by atoms with van der Waals surface area (Å²) in [6.45, 7) is 7.07. The molecule has 1 saturated carbocycles. The zero-order valence-electron chi connectivity index (χ0n) is 21.8. The van der Waals surface area contributed by atoms with Crippen molar-refractivity contribution >= 4 is 11.9 Å². The molecular weight excluding hydrogens is 476 g/mol. The Balaban J connectivity index is 1.46. The third kappa shape index (κ3) is 3.29. The number of esters is 1. The van der Waals surface area contributed by atoms with Gasteiger partial charge in [-0.2, -0.15) is 0 Å². The average Bonchev–Trinajstić information content (AvgIpc) is 3.58. The van der Waals surface area contributed by atoms with Crippen LogP contribution < -0.4 is 10.1 Å². The molecule has 1 aromatic rings. The summed E-state index contributed by atoms with van der Waals surface area (Å²) in [5.41, 5.74) is -1.25. The number of carbonyl (C=O) groups is 2. The number of aliphatic hydroxyl groups is 2. The summed E-state index contributed by atoms with van der Waals surface area (Å²) in [6.07, 6.45) is 2.37. The van der Waals surface area contributed by atoms with Crippen molar-refractivity contribution in [3.05, 3.63) is 34.6 Å². The van der Waals surface area contributed by atoms with Crippen LogP contribution in [0.15, 0.2) is 23.5 Å². The molecule has 4 N–H and O–H groups in total. The van der Waals surface area contributed by atoms with Crippen LogP contribution in [0.3, 0.4) is 0 Å². The first-order valence-electron chi connectivity index (χ1n) is 13.2. The van der Waals surface area contributed by atoms with Crippen LogP contribution in [0.2, 0.25) is 0 Å². The largest absolute Gasteiger partial charge is 0.508 e. The van der Waals surface area contributed by atoms with Gasteiger partial charge in [-0.3, -0.25) is 9.69 Å². The van der Waals surface area contributed by atoms with Gasteiger partial charge in [0.25, 0.3) is 5.91 Å². The molecule has 200 valence electrons. The third-order valence-corrected chi connectivity index (χ3v) is 9.37. The van der Waals surface area contributed by atoms with E-state index < -0.39 is 40.5 Å². The lowest BCUT2D eigenvalue weighted by Crippen LogP contribution is -2.76. The molecule has 5 atom stereocenters. The van der Waals surface area contributed by atoms with Crippen LogP contribution in [0.1, 0.15) is 57.6 Å². The van der Waals surface area contributed by atoms with Crippen LogP contribution >= 0.6 is 0 Å². The SMILES string of the molecule is COC(=O)C(NC(=O)C1=C(O)[C@@H]2Oc3c(O)ccc4c3[C@@]23CCN(CC2CC2)[C@H](C4)[C@]3(O)C1)C(C)(C)C. The van der Waals surface area contributed by atoms with Gasteiger partial charge in [0, 0.05) is 24.6 Å². The van der Waals surface area contributed by atoms with E-state index in [4.69, 9.17) is 9.47 Å². The first-order chi connectivity index (χ1) is 17.4. The van der Waals surface area contributed by atoms with Gasteiger partial charge >= 0.3 is 5.97 Å². The number of aliphatic hydroxyl groups excluding tert-OH is 1. The minimum absolute atomic E-state index is 0.00953. The number of hydrogen-bond donors (Lipinski definition) is 4. The second-order valence-corrected chi connectivity index (χ2v) is 12.6. The van der Waals surface area contributed by atoms with Crippen LogP contribution in [0, 0.1) is 11.3 Å². The van der Waals surface area contributed by atoms with Gasteiger partial charge in [0.2, 0.25) is 0 Å². The number of hydrogen-bond acceptors (Lipinski definition) is 8. The number of ether oxygens (including phenoxy) is 2. The number of rotatable bonds is 5. The number of nitrogens with zero attached hydrogens (tertiary/aromatic N) is 1. The molecule has 2 heterocycles. The Hall–Kier alpha value is -2.78. The van der Waals surface area contributed by atoms with E-state index in [-0.39, 0.29) is 35.3 Å². The first kappa shape index (κ1) is 24.6. The number of phenolic OH excluding ortho intramolecular Hbond substituents is 1. The number of amides is 1. The number of phenols is 1. The van der Waals surface area contributed by atoms with E-state index in [1.54, 1.807) is 6.07 Å². The van der Waals surface area contributed by atoms with Crippen LogP contribution in [0.4, 0.5) is 0 Å². The number of methoxy groups -OCH3 is 1. The third-order valence-electron chi connectivity index (χ3n) is 9.37. The molecule has 2 fully saturated rings. The molecule has 37 heavy (non-hydrogen) atoms. The molecule has 0 aromatic heterocycles. The van der Waals surface area contributed by atoms with Gasteiger partial charge < -0.3 is 30.1 Å². The Morgan fingerprint density at radius 1 is 1.27 bits per heavy atom. The maximum absolute atomic E-state index is 13.7. The van der Waals surface area contributed by atoms with E-state index in [9.17, 15) is 24.9 Å². The number of aromatic hydroxyl groups is 1. The van der Waals surface area contributed by atoms with E-state index in [2.05, 4.69) is 10.2 Å². The highest BCUT2D eigenvalue weighted by Crippen LogP contribution is 2.66. The molecule has 9 nitrogen and oxygen atoms in total. The zero-order valence-corrected chi connectivity index (χ0v) is 21.8. The number of likely N-dealkylation sites (tertiary alicyclic amines) is 1. The van der Waals surface area contributed by atoms with Gasteiger partial charge in [-0.15, -0.1) is 0 Å². The molecule has 2 bridgehead atoms. The predicted octanol–water partition coefficient (Wildman–Crippen LogP) is 2.08. The molecule has 1 saturated heterocycles. The molecule has 0 radical (unpaired) electrons. The highest BCUT2D eigenvalue weighted by molar-refractivity contribution is 5.97. The minimum atomic E-state index is -1.40. The summed E-state index contributed by atoms with van der Waals surface area (Å²) in [5, 5.41) is 37.6. The second kappa shape index (κ2) is 7.86. The van der Waals surface area contributed by atoms with Gasteiger partial charge in [-0.05, 0) is 55.2 Å². The average molecular weight is 513 g/mol. The van der Waals surface area contributed by atoms with Crippen molar-refractivity contribution in [3.63, 3.8) is 0 Å². The monoisotopic (exact) mass is 512 g/mol. The van der Waals surface area contributed by atoms with Gasteiger partial charge in [0.15, 0.2) is 17.6 Å². The standard InChI is InChI=1S/C28H36N2O7/c1-26(2,3)22(25(34)36-4)29-24(33)16-12-28(35)18-11-15-7-8-17(31)21-19(15)27(28,23(37-21)20(16)32)9-10-30(18)13-14-5-6-14/h7-8,14,18,22-23,31-32,35H,5-6,9-13H2,1-4H3,(H,29,33)/t18-,22?,23+,27+,28-/m1/s1. The van der Waals surface area contributed by atoms with Crippen molar-refractivity contribution in [1.82, 2.24) is 10.2 Å². The summed E-state index contributed by atoms with van der Waals surface area (Å²) in [7, 11) is 1.27. The maximum atomic E-state index is 13.7. The number of nitrogens with one attached hydrogen (secondary N) is 1. The van der Waals surface area contributed by atoms with E-state index in [0.29, 0.717) is 18.8 Å². The Morgan fingerprint density at radius 2 is 2.00 bits per heavy atom. The molecule has 1 aromatic carbocycles. The Morgan fingerprint density at radius 3 is 2.65 bits per heavy atom. The van der Waals surface area contributed by atoms with Gasteiger partial charge in [-0.25, -0.2) is 4.79 Å². The first-order valence-corrected chi connectivity index (χ1v) is 13.2. The Bertz CT molecular complexity index is 1220. The molecular formula is C28H36N2O7. The van der Waals surface area contributed by atoms with E-state index in [1.807, 2.05) is 26.8 Å². The van der Waals surface area contributed by atoms with Crippen LogP contribution in [0.5, 0.6) is 11.5 Å². The summed E-state index contributed by atoms with van der Waals surface area (Å²) in [5.74, 6) is -0.611. The minimum Gasteiger partial charge on any atom is -0.508 e. The van der Waals surface area contributed by atoms with Crippen LogP contribution in [0.25, 0.3) is 0 Å². The van der Waals surface area contributed by atoms with Crippen molar-refractivity contribution in [2.45, 2.75) is 82.1 Å². The molecule has 1 amide bonds. The van der Waals surface area contributed by atoms with Crippen molar-refractivity contribution < 1.29 is 34.4 Å². The fourth-order valence-electron chi connectivity index (χ4n) is 7.33. The molecule has 5 aliphatic rings. The molecule has 1 spiro atoms. The molecule has 3 aliphatic carbocycles. The molecule has 6 rings (SSSR count). The van der Waals surface area contributed by atoms with Crippen molar-refractivity contribution in [2.75, 3.05) is 20.2 Å². The van der Waals surface area contributed by atoms with E-state index in [1.165, 1.54) is 20.0 Å². The van der Waals surface area contributed by atoms with Crippen molar-refractivity contribution in [1.29, 1.82) is 0 Å². The molecule has 1 unspecified atom stereocenters. The normalized spacial score (nSPS) is 32.9. The van der Waals surface area contributed by atoms with Crippen molar-refractivity contribution in [2.24, 2.45) is 11.3 Å². The van der Waals surface area contributed by atoms with Gasteiger partial charge in [0.1, 0.15) is 11.8 Å². The van der Waals surface area contributed by atoms with Crippen LogP contribution in [-0.2, 0) is 26.2 Å². The number of carbonyl (C=O) groups excluding carboxylic acids is 2. The summed E-state index contributed by atoms with van der Waals surface area (Å²) in [4.78, 5) is 28.5. The maximum Gasteiger partial charge on any atom is 0.328 e. The number of piperidine rings is 1. The molecule has 9 heteroatoms. The molecule has 2 aliphatic heterocycles. The fourth-order valence-corrected chi connectivity index (χ4v) is 7.33. The Labute approximate surface area is 216 Å².